The van der Waals surface area contributed by atoms with Crippen LogP contribution in [0.2, 0.25) is 0 Å². The van der Waals surface area contributed by atoms with E-state index in [9.17, 15) is 4.79 Å². The third-order valence-electron chi connectivity index (χ3n) is 4.00. The SMILES string of the molecule is Cc1cc(C(=O)N2CCOCC2)nc(Nc2ccc3c(c2)OCO3)n1. The Morgan fingerprint density at radius 3 is 2.76 bits per heavy atom. The van der Waals surface area contributed by atoms with E-state index in [1.807, 2.05) is 25.1 Å². The van der Waals surface area contributed by atoms with Gasteiger partial charge in [-0.2, -0.15) is 0 Å². The zero-order chi connectivity index (χ0) is 17.2. The maximum absolute atomic E-state index is 12.6. The summed E-state index contributed by atoms with van der Waals surface area (Å²) in [6, 6.07) is 7.18. The van der Waals surface area contributed by atoms with Crippen molar-refractivity contribution in [3.8, 4) is 11.5 Å². The van der Waals surface area contributed by atoms with Crippen LogP contribution in [0.1, 0.15) is 16.2 Å². The van der Waals surface area contributed by atoms with Crippen LogP contribution < -0.4 is 14.8 Å². The van der Waals surface area contributed by atoms with E-state index in [1.165, 1.54) is 0 Å². The maximum atomic E-state index is 12.6. The largest absolute Gasteiger partial charge is 0.454 e. The summed E-state index contributed by atoms with van der Waals surface area (Å²) >= 11 is 0. The van der Waals surface area contributed by atoms with Gasteiger partial charge < -0.3 is 24.4 Å². The number of aryl methyl sites for hydroxylation is 1. The molecule has 1 fully saturated rings. The number of ether oxygens (including phenoxy) is 3. The van der Waals surface area contributed by atoms with E-state index in [0.29, 0.717) is 49.4 Å². The molecule has 1 saturated heterocycles. The van der Waals surface area contributed by atoms with Gasteiger partial charge in [-0.1, -0.05) is 0 Å². The van der Waals surface area contributed by atoms with Gasteiger partial charge in [0.15, 0.2) is 11.5 Å². The fourth-order valence-corrected chi connectivity index (χ4v) is 2.77. The molecule has 0 spiro atoms. The van der Waals surface area contributed by atoms with Crippen LogP contribution in [0.25, 0.3) is 0 Å². The average Bonchev–Trinajstić information content (AvgIpc) is 3.09. The van der Waals surface area contributed by atoms with Crippen molar-refractivity contribution in [3.05, 3.63) is 35.7 Å². The molecule has 1 amide bonds. The van der Waals surface area contributed by atoms with Crippen molar-refractivity contribution in [1.29, 1.82) is 0 Å². The molecule has 25 heavy (non-hydrogen) atoms. The molecule has 0 atom stereocenters. The number of benzene rings is 1. The van der Waals surface area contributed by atoms with Crippen molar-refractivity contribution < 1.29 is 19.0 Å². The third kappa shape index (κ3) is 3.34. The molecular weight excluding hydrogens is 324 g/mol. The summed E-state index contributed by atoms with van der Waals surface area (Å²) in [6.07, 6.45) is 0. The number of anilines is 2. The summed E-state index contributed by atoms with van der Waals surface area (Å²) in [5.41, 5.74) is 1.85. The molecule has 0 saturated carbocycles. The molecule has 1 aromatic carbocycles. The van der Waals surface area contributed by atoms with Crippen molar-refractivity contribution in [2.45, 2.75) is 6.92 Å². The number of nitrogens with one attached hydrogen (secondary N) is 1. The first-order valence-electron chi connectivity index (χ1n) is 8.08. The highest BCUT2D eigenvalue weighted by atomic mass is 16.7. The van der Waals surface area contributed by atoms with Crippen molar-refractivity contribution in [2.24, 2.45) is 0 Å². The van der Waals surface area contributed by atoms with Gasteiger partial charge in [-0.3, -0.25) is 4.79 Å². The normalized spacial score (nSPS) is 16.0. The predicted molar refractivity (Wildman–Crippen MR) is 89.3 cm³/mol. The first kappa shape index (κ1) is 15.6. The Morgan fingerprint density at radius 2 is 1.92 bits per heavy atom. The van der Waals surface area contributed by atoms with Gasteiger partial charge in [-0.25, -0.2) is 9.97 Å². The van der Waals surface area contributed by atoms with E-state index >= 15 is 0 Å². The Bertz CT molecular complexity index is 805. The molecule has 0 radical (unpaired) electrons. The summed E-state index contributed by atoms with van der Waals surface area (Å²) in [7, 11) is 0. The highest BCUT2D eigenvalue weighted by Crippen LogP contribution is 2.34. The second-order valence-corrected chi connectivity index (χ2v) is 5.82. The number of hydrogen-bond donors (Lipinski definition) is 1. The summed E-state index contributed by atoms with van der Waals surface area (Å²) in [4.78, 5) is 23.1. The Hall–Kier alpha value is -2.87. The van der Waals surface area contributed by atoms with Gasteiger partial charge >= 0.3 is 0 Å². The fraction of sp³-hybridized carbons (Fsp3) is 0.353. The molecule has 2 aliphatic heterocycles. The van der Waals surface area contributed by atoms with Gasteiger partial charge in [0.1, 0.15) is 5.69 Å². The number of hydrogen-bond acceptors (Lipinski definition) is 7. The van der Waals surface area contributed by atoms with Gasteiger partial charge in [-0.05, 0) is 25.1 Å². The van der Waals surface area contributed by atoms with Crippen LogP contribution in [0, 0.1) is 6.92 Å². The van der Waals surface area contributed by atoms with E-state index in [0.717, 1.165) is 11.4 Å². The number of amides is 1. The molecule has 3 heterocycles. The second kappa shape index (κ2) is 6.56. The van der Waals surface area contributed by atoms with E-state index < -0.39 is 0 Å². The van der Waals surface area contributed by atoms with Crippen molar-refractivity contribution in [2.75, 3.05) is 38.4 Å². The highest BCUT2D eigenvalue weighted by molar-refractivity contribution is 5.92. The molecule has 0 bridgehead atoms. The van der Waals surface area contributed by atoms with Crippen molar-refractivity contribution in [3.63, 3.8) is 0 Å². The predicted octanol–water partition coefficient (Wildman–Crippen LogP) is 1.73. The molecule has 2 aromatic rings. The molecule has 0 aliphatic carbocycles. The highest BCUT2D eigenvalue weighted by Gasteiger charge is 2.21. The molecule has 0 unspecified atom stereocenters. The van der Waals surface area contributed by atoms with Gasteiger partial charge in [-0.15, -0.1) is 0 Å². The number of morpholine rings is 1. The lowest BCUT2D eigenvalue weighted by Gasteiger charge is -2.26. The Morgan fingerprint density at radius 1 is 1.12 bits per heavy atom. The smallest absolute Gasteiger partial charge is 0.272 e. The van der Waals surface area contributed by atoms with E-state index in [-0.39, 0.29) is 12.7 Å². The maximum Gasteiger partial charge on any atom is 0.272 e. The molecule has 8 nitrogen and oxygen atoms in total. The standard InChI is InChI=1S/C17H18N4O4/c1-11-8-13(16(22)21-4-6-23-7-5-21)20-17(18-11)19-12-2-3-14-15(9-12)25-10-24-14/h2-3,8-9H,4-7,10H2,1H3,(H,18,19,20). The monoisotopic (exact) mass is 342 g/mol. The van der Waals surface area contributed by atoms with E-state index in [2.05, 4.69) is 15.3 Å². The summed E-state index contributed by atoms with van der Waals surface area (Å²) in [6.45, 7) is 4.32. The number of nitrogens with zero attached hydrogens (tertiary/aromatic N) is 3. The molecule has 1 N–H and O–H groups in total. The van der Waals surface area contributed by atoms with E-state index in [1.54, 1.807) is 11.0 Å². The van der Waals surface area contributed by atoms with Crippen LogP contribution in [-0.4, -0.2) is 53.9 Å². The molecular formula is C17H18N4O4. The van der Waals surface area contributed by atoms with Gasteiger partial charge in [0.2, 0.25) is 12.7 Å². The van der Waals surface area contributed by atoms with Gasteiger partial charge in [0, 0.05) is 30.5 Å². The van der Waals surface area contributed by atoms with Crippen LogP contribution in [-0.2, 0) is 4.74 Å². The zero-order valence-electron chi connectivity index (χ0n) is 13.8. The first-order chi connectivity index (χ1) is 12.2. The fourth-order valence-electron chi connectivity index (χ4n) is 2.77. The molecule has 130 valence electrons. The van der Waals surface area contributed by atoms with Crippen molar-refractivity contribution in [1.82, 2.24) is 14.9 Å². The van der Waals surface area contributed by atoms with Crippen LogP contribution >= 0.6 is 0 Å². The van der Waals surface area contributed by atoms with Crippen LogP contribution in [0.4, 0.5) is 11.6 Å². The first-order valence-corrected chi connectivity index (χ1v) is 8.08. The molecule has 8 heteroatoms. The van der Waals surface area contributed by atoms with E-state index in [4.69, 9.17) is 14.2 Å². The average molecular weight is 342 g/mol. The van der Waals surface area contributed by atoms with Gasteiger partial charge in [0.05, 0.1) is 13.2 Å². The Kier molecular flexibility index (Phi) is 4.10. The Balaban J connectivity index is 1.56. The molecule has 2 aliphatic rings. The third-order valence-corrected chi connectivity index (χ3v) is 4.00. The topological polar surface area (TPSA) is 85.8 Å². The van der Waals surface area contributed by atoms with Crippen LogP contribution in [0.15, 0.2) is 24.3 Å². The Labute approximate surface area is 144 Å². The van der Waals surface area contributed by atoms with Gasteiger partial charge in [0.25, 0.3) is 5.91 Å². The van der Waals surface area contributed by atoms with Crippen LogP contribution in [0.5, 0.6) is 11.5 Å². The molecule has 4 rings (SSSR count). The summed E-state index contributed by atoms with van der Waals surface area (Å²) < 4.78 is 16.0. The summed E-state index contributed by atoms with van der Waals surface area (Å²) in [5, 5.41) is 3.12. The minimum atomic E-state index is -0.109. The minimum Gasteiger partial charge on any atom is -0.454 e. The number of carbonyl (C=O) groups excluding carboxylic acids is 1. The van der Waals surface area contributed by atoms with Crippen LogP contribution in [0.3, 0.4) is 0 Å². The lowest BCUT2D eigenvalue weighted by atomic mass is 10.2. The number of rotatable bonds is 3. The summed E-state index contributed by atoms with van der Waals surface area (Å²) in [5.74, 6) is 1.64. The lowest BCUT2D eigenvalue weighted by Crippen LogP contribution is -2.41. The number of carbonyl (C=O) groups is 1. The quantitative estimate of drug-likeness (QED) is 0.909. The number of aromatic nitrogens is 2. The van der Waals surface area contributed by atoms with Crippen molar-refractivity contribution >= 4 is 17.5 Å². The lowest BCUT2D eigenvalue weighted by molar-refractivity contribution is 0.0299. The minimum absolute atomic E-state index is 0.109. The second-order valence-electron chi connectivity index (χ2n) is 5.82. The number of fused-ring (bicyclic) bond motifs is 1. The zero-order valence-corrected chi connectivity index (χ0v) is 13.8. The molecule has 1 aromatic heterocycles.